The molecule has 78 valence electrons. The van der Waals surface area contributed by atoms with E-state index in [1.807, 2.05) is 0 Å². The van der Waals surface area contributed by atoms with Gasteiger partial charge < -0.3 is 0 Å². The highest BCUT2D eigenvalue weighted by Gasteiger charge is 2.25. The summed E-state index contributed by atoms with van der Waals surface area (Å²) < 4.78 is 0. The monoisotopic (exact) mass is 182 g/mol. The largest absolute Gasteiger partial charge is 0.0628 e. The SMILES string of the molecule is CC(C)CCC(C)C(C)CC1CC1. The van der Waals surface area contributed by atoms with Crippen LogP contribution in [0.25, 0.3) is 0 Å². The summed E-state index contributed by atoms with van der Waals surface area (Å²) in [6, 6.07) is 0. The van der Waals surface area contributed by atoms with Gasteiger partial charge in [-0.15, -0.1) is 0 Å². The maximum atomic E-state index is 2.45. The predicted octanol–water partition coefficient (Wildman–Crippen LogP) is 4.49. The third kappa shape index (κ3) is 4.69. The molecule has 0 saturated heterocycles. The standard InChI is InChI=1S/C13H26/c1-10(2)5-6-11(3)12(4)9-13-7-8-13/h10-13H,5-9H2,1-4H3. The number of hydrogen-bond acceptors (Lipinski definition) is 0. The molecular weight excluding hydrogens is 156 g/mol. The van der Waals surface area contributed by atoms with E-state index in [0.717, 1.165) is 23.7 Å². The van der Waals surface area contributed by atoms with E-state index < -0.39 is 0 Å². The average molecular weight is 182 g/mol. The molecule has 0 nitrogen and oxygen atoms in total. The molecule has 0 aromatic rings. The minimum absolute atomic E-state index is 0.885. The van der Waals surface area contributed by atoms with E-state index in [4.69, 9.17) is 0 Å². The molecule has 0 aromatic heterocycles. The van der Waals surface area contributed by atoms with Crippen LogP contribution >= 0.6 is 0 Å². The molecule has 0 bridgehead atoms. The highest BCUT2D eigenvalue weighted by atomic mass is 14.3. The van der Waals surface area contributed by atoms with E-state index in [-0.39, 0.29) is 0 Å². The summed E-state index contributed by atoms with van der Waals surface area (Å²) >= 11 is 0. The molecule has 1 aliphatic carbocycles. The maximum Gasteiger partial charge on any atom is -0.0411 e. The zero-order valence-electron chi connectivity index (χ0n) is 9.84. The van der Waals surface area contributed by atoms with Crippen LogP contribution in [0.4, 0.5) is 0 Å². The van der Waals surface area contributed by atoms with Crippen molar-refractivity contribution in [1.82, 2.24) is 0 Å². The lowest BCUT2D eigenvalue weighted by Crippen LogP contribution is -2.09. The van der Waals surface area contributed by atoms with Crippen LogP contribution < -0.4 is 0 Å². The van der Waals surface area contributed by atoms with E-state index in [2.05, 4.69) is 27.7 Å². The molecule has 13 heavy (non-hydrogen) atoms. The Bertz CT molecular complexity index is 133. The molecule has 0 heteroatoms. The fourth-order valence-corrected chi connectivity index (χ4v) is 1.99. The van der Waals surface area contributed by atoms with Crippen molar-refractivity contribution < 1.29 is 0 Å². The molecule has 0 aromatic carbocycles. The molecule has 0 amide bonds. The second-order valence-electron chi connectivity index (χ2n) is 5.60. The van der Waals surface area contributed by atoms with Gasteiger partial charge in [-0.25, -0.2) is 0 Å². The molecule has 0 N–H and O–H groups in total. The Morgan fingerprint density at radius 1 is 0.923 bits per heavy atom. The van der Waals surface area contributed by atoms with Crippen LogP contribution in [0.3, 0.4) is 0 Å². The fourth-order valence-electron chi connectivity index (χ4n) is 1.99. The lowest BCUT2D eigenvalue weighted by atomic mass is 9.86. The lowest BCUT2D eigenvalue weighted by molar-refractivity contribution is 0.310. The van der Waals surface area contributed by atoms with Crippen LogP contribution in [0.5, 0.6) is 0 Å². The van der Waals surface area contributed by atoms with Crippen LogP contribution in [-0.2, 0) is 0 Å². The van der Waals surface area contributed by atoms with Gasteiger partial charge in [0.15, 0.2) is 0 Å². The van der Waals surface area contributed by atoms with Crippen LogP contribution in [0, 0.1) is 23.7 Å². The zero-order valence-corrected chi connectivity index (χ0v) is 9.84. The first-order chi connectivity index (χ1) is 6.09. The zero-order chi connectivity index (χ0) is 9.84. The Balaban J connectivity index is 2.08. The van der Waals surface area contributed by atoms with Gasteiger partial charge in [0.05, 0.1) is 0 Å². The molecule has 1 saturated carbocycles. The van der Waals surface area contributed by atoms with Crippen molar-refractivity contribution in [1.29, 1.82) is 0 Å². The Morgan fingerprint density at radius 2 is 1.54 bits per heavy atom. The second-order valence-corrected chi connectivity index (χ2v) is 5.60. The van der Waals surface area contributed by atoms with Gasteiger partial charge >= 0.3 is 0 Å². The lowest BCUT2D eigenvalue weighted by Gasteiger charge is -2.20. The van der Waals surface area contributed by atoms with Gasteiger partial charge in [-0.1, -0.05) is 53.4 Å². The summed E-state index contributed by atoms with van der Waals surface area (Å²) in [6.45, 7) is 9.55. The third-order valence-electron chi connectivity index (χ3n) is 3.57. The van der Waals surface area contributed by atoms with E-state index in [9.17, 15) is 0 Å². The molecule has 0 spiro atoms. The third-order valence-corrected chi connectivity index (χ3v) is 3.57. The van der Waals surface area contributed by atoms with Crippen LogP contribution in [-0.4, -0.2) is 0 Å². The number of hydrogen-bond donors (Lipinski definition) is 0. The summed E-state index contributed by atoms with van der Waals surface area (Å²) in [4.78, 5) is 0. The van der Waals surface area contributed by atoms with Crippen molar-refractivity contribution in [3.63, 3.8) is 0 Å². The highest BCUT2D eigenvalue weighted by molar-refractivity contribution is 4.77. The Kier molecular flexibility index (Phi) is 4.28. The predicted molar refractivity (Wildman–Crippen MR) is 59.7 cm³/mol. The van der Waals surface area contributed by atoms with Gasteiger partial charge in [-0.2, -0.15) is 0 Å². The Morgan fingerprint density at radius 3 is 2.00 bits per heavy atom. The Hall–Kier alpha value is 0. The van der Waals surface area contributed by atoms with Crippen molar-refractivity contribution in [2.45, 2.75) is 59.8 Å². The van der Waals surface area contributed by atoms with E-state index in [1.54, 1.807) is 0 Å². The molecule has 1 fully saturated rings. The van der Waals surface area contributed by atoms with Gasteiger partial charge in [-0.3, -0.25) is 0 Å². The molecule has 2 unspecified atom stereocenters. The fraction of sp³-hybridized carbons (Fsp3) is 1.00. The smallest absolute Gasteiger partial charge is 0.0411 e. The first kappa shape index (κ1) is 11.1. The van der Waals surface area contributed by atoms with Gasteiger partial charge in [0.1, 0.15) is 0 Å². The molecule has 2 atom stereocenters. The van der Waals surface area contributed by atoms with Crippen molar-refractivity contribution >= 4 is 0 Å². The van der Waals surface area contributed by atoms with Crippen LogP contribution in [0.15, 0.2) is 0 Å². The average Bonchev–Trinajstić information content (AvgIpc) is 2.83. The molecule has 0 heterocycles. The molecule has 1 aliphatic rings. The van der Waals surface area contributed by atoms with Crippen molar-refractivity contribution in [3.8, 4) is 0 Å². The minimum Gasteiger partial charge on any atom is -0.0628 e. The second kappa shape index (κ2) is 5.02. The van der Waals surface area contributed by atoms with Crippen LogP contribution in [0.2, 0.25) is 0 Å². The van der Waals surface area contributed by atoms with E-state index in [0.29, 0.717) is 0 Å². The van der Waals surface area contributed by atoms with E-state index >= 15 is 0 Å². The minimum atomic E-state index is 0.885. The first-order valence-electron chi connectivity index (χ1n) is 6.09. The summed E-state index contributed by atoms with van der Waals surface area (Å²) in [5.74, 6) is 3.90. The first-order valence-corrected chi connectivity index (χ1v) is 6.09. The van der Waals surface area contributed by atoms with Gasteiger partial charge in [0.25, 0.3) is 0 Å². The van der Waals surface area contributed by atoms with Crippen LogP contribution in [0.1, 0.15) is 59.8 Å². The summed E-state index contributed by atoms with van der Waals surface area (Å²) in [7, 11) is 0. The summed E-state index contributed by atoms with van der Waals surface area (Å²) in [5.41, 5.74) is 0. The topological polar surface area (TPSA) is 0 Å². The quantitative estimate of drug-likeness (QED) is 0.567. The van der Waals surface area contributed by atoms with Gasteiger partial charge in [-0.05, 0) is 30.1 Å². The Labute approximate surface area is 84.1 Å². The van der Waals surface area contributed by atoms with E-state index in [1.165, 1.54) is 32.1 Å². The van der Waals surface area contributed by atoms with Gasteiger partial charge in [0, 0.05) is 0 Å². The van der Waals surface area contributed by atoms with Crippen molar-refractivity contribution in [3.05, 3.63) is 0 Å². The molecule has 0 aliphatic heterocycles. The highest BCUT2D eigenvalue weighted by Crippen LogP contribution is 2.38. The maximum absolute atomic E-state index is 2.45. The molecule has 1 rings (SSSR count). The summed E-state index contributed by atoms with van der Waals surface area (Å²) in [6.07, 6.45) is 7.38. The summed E-state index contributed by atoms with van der Waals surface area (Å²) in [5, 5.41) is 0. The normalized spacial score (nSPS) is 21.9. The molecule has 0 radical (unpaired) electrons. The van der Waals surface area contributed by atoms with Crippen molar-refractivity contribution in [2.75, 3.05) is 0 Å². The van der Waals surface area contributed by atoms with Gasteiger partial charge in [0.2, 0.25) is 0 Å². The molecular formula is C13H26. The van der Waals surface area contributed by atoms with Crippen molar-refractivity contribution in [2.24, 2.45) is 23.7 Å². The number of rotatable bonds is 6.